The van der Waals surface area contributed by atoms with Gasteiger partial charge in [-0.15, -0.1) is 0 Å². The molecule has 0 rings (SSSR count). The molecule has 0 heterocycles. The molecule has 6 nitrogen and oxygen atoms in total. The highest BCUT2D eigenvalue weighted by Crippen LogP contribution is 2.14. The molecule has 6 heteroatoms. The van der Waals surface area contributed by atoms with E-state index >= 15 is 0 Å². The molecule has 0 saturated carbocycles. The van der Waals surface area contributed by atoms with Gasteiger partial charge in [0, 0.05) is 19.3 Å². The first-order valence-electron chi connectivity index (χ1n) is 29.6. The normalized spacial score (nSPS) is 12.7. The van der Waals surface area contributed by atoms with Crippen LogP contribution in [0.25, 0.3) is 0 Å². The molecule has 0 aliphatic heterocycles. The summed E-state index contributed by atoms with van der Waals surface area (Å²) in [5.74, 6) is -0.923. The second-order valence-corrected chi connectivity index (χ2v) is 19.5. The highest BCUT2D eigenvalue weighted by Gasteiger charge is 2.19. The Balaban J connectivity index is 4.42. The standard InChI is InChI=1S/C64H110O6/c1-4-7-10-13-16-19-22-25-28-30-31-32-33-34-37-39-42-45-48-51-54-57-63(66)69-60-61(59-68-62(65)56-53-50-47-44-41-38-35-27-24-21-18-15-12-9-6-3)70-64(67)58-55-52-49-46-43-40-36-29-26-23-20-17-14-11-8-5-2/h9,12,18,21-22,25,27,29-31,33-36,61H,4-8,10-11,13-17,19-20,23-24,26,28,32,37-60H2,1-3H3/b12-9-,21-18-,25-22-,31-30-,34-33-,35-27-,36-29-. The van der Waals surface area contributed by atoms with Gasteiger partial charge in [0.05, 0.1) is 0 Å². The molecule has 0 aliphatic rings. The second-order valence-electron chi connectivity index (χ2n) is 19.5. The fraction of sp³-hybridized carbons (Fsp3) is 0.734. The van der Waals surface area contributed by atoms with Gasteiger partial charge in [-0.1, -0.05) is 234 Å². The van der Waals surface area contributed by atoms with Crippen LogP contribution in [0.5, 0.6) is 0 Å². The summed E-state index contributed by atoms with van der Waals surface area (Å²) in [5, 5.41) is 0. The molecule has 0 saturated heterocycles. The van der Waals surface area contributed by atoms with E-state index in [1.165, 1.54) is 116 Å². The number of rotatable bonds is 53. The van der Waals surface area contributed by atoms with Gasteiger partial charge < -0.3 is 14.2 Å². The lowest BCUT2D eigenvalue weighted by atomic mass is 10.1. The maximum atomic E-state index is 12.9. The Bertz CT molecular complexity index is 1350. The second kappa shape index (κ2) is 58.2. The van der Waals surface area contributed by atoms with Crippen LogP contribution in [0.2, 0.25) is 0 Å². The molecule has 0 spiro atoms. The SMILES string of the molecule is CC/C=C\C/C=C\C/C=C\CCCCCCCC(=O)OCC(COC(=O)CCCCCCCC/C=C\C/C=C\C/C=C\CCCCCCC)OC(=O)CCCCCCC/C=C\CCCCCCCCC. The van der Waals surface area contributed by atoms with Crippen LogP contribution >= 0.6 is 0 Å². The van der Waals surface area contributed by atoms with Crippen molar-refractivity contribution in [2.45, 2.75) is 290 Å². The summed E-state index contributed by atoms with van der Waals surface area (Å²) in [6, 6.07) is 0. The molecular weight excluding hydrogens is 865 g/mol. The lowest BCUT2D eigenvalue weighted by molar-refractivity contribution is -0.167. The smallest absolute Gasteiger partial charge is 0.306 e. The van der Waals surface area contributed by atoms with Crippen molar-refractivity contribution in [1.82, 2.24) is 0 Å². The molecule has 0 aromatic heterocycles. The van der Waals surface area contributed by atoms with Crippen LogP contribution in [-0.4, -0.2) is 37.2 Å². The predicted octanol–water partition coefficient (Wildman–Crippen LogP) is 19.9. The van der Waals surface area contributed by atoms with Gasteiger partial charge >= 0.3 is 17.9 Å². The zero-order valence-corrected chi connectivity index (χ0v) is 46.0. The number of carbonyl (C=O) groups excluding carboxylic acids is 3. The third-order valence-corrected chi connectivity index (χ3v) is 12.6. The van der Waals surface area contributed by atoms with Gasteiger partial charge in [-0.2, -0.15) is 0 Å². The molecule has 0 aromatic rings. The Morgan fingerprint density at radius 2 is 0.557 bits per heavy atom. The number of carbonyl (C=O) groups is 3. The van der Waals surface area contributed by atoms with E-state index in [9.17, 15) is 14.4 Å². The average molecular weight is 976 g/mol. The molecule has 0 bridgehead atoms. The number of esters is 3. The Kier molecular flexibility index (Phi) is 55.3. The number of hydrogen-bond acceptors (Lipinski definition) is 6. The van der Waals surface area contributed by atoms with Crippen LogP contribution in [0.3, 0.4) is 0 Å². The van der Waals surface area contributed by atoms with Gasteiger partial charge in [-0.25, -0.2) is 0 Å². The van der Waals surface area contributed by atoms with Crippen molar-refractivity contribution in [1.29, 1.82) is 0 Å². The van der Waals surface area contributed by atoms with Crippen molar-refractivity contribution < 1.29 is 28.6 Å². The van der Waals surface area contributed by atoms with Crippen molar-refractivity contribution in [2.75, 3.05) is 13.2 Å². The largest absolute Gasteiger partial charge is 0.462 e. The zero-order chi connectivity index (χ0) is 50.7. The summed E-state index contributed by atoms with van der Waals surface area (Å²) in [5.41, 5.74) is 0. The van der Waals surface area contributed by atoms with Crippen LogP contribution in [0.4, 0.5) is 0 Å². The molecule has 70 heavy (non-hydrogen) atoms. The summed E-state index contributed by atoms with van der Waals surface area (Å²) in [6.45, 7) is 6.50. The predicted molar refractivity (Wildman–Crippen MR) is 302 cm³/mol. The van der Waals surface area contributed by atoms with Crippen LogP contribution in [0.15, 0.2) is 85.1 Å². The Morgan fingerprint density at radius 1 is 0.300 bits per heavy atom. The topological polar surface area (TPSA) is 78.9 Å². The molecule has 0 N–H and O–H groups in total. The number of allylic oxidation sites excluding steroid dienone is 14. The fourth-order valence-corrected chi connectivity index (χ4v) is 8.16. The Labute approximate surface area is 433 Å². The Hall–Kier alpha value is -3.41. The Morgan fingerprint density at radius 3 is 0.886 bits per heavy atom. The maximum Gasteiger partial charge on any atom is 0.306 e. The minimum atomic E-state index is -0.795. The maximum absolute atomic E-state index is 12.9. The van der Waals surface area contributed by atoms with Crippen LogP contribution in [0, 0.1) is 0 Å². The van der Waals surface area contributed by atoms with E-state index < -0.39 is 6.10 Å². The monoisotopic (exact) mass is 975 g/mol. The van der Waals surface area contributed by atoms with E-state index in [0.717, 1.165) is 128 Å². The van der Waals surface area contributed by atoms with Crippen molar-refractivity contribution >= 4 is 17.9 Å². The van der Waals surface area contributed by atoms with Crippen LogP contribution in [0.1, 0.15) is 284 Å². The molecule has 0 fully saturated rings. The van der Waals surface area contributed by atoms with E-state index in [4.69, 9.17) is 14.2 Å². The van der Waals surface area contributed by atoms with Gasteiger partial charge in [0.25, 0.3) is 0 Å². The van der Waals surface area contributed by atoms with Crippen molar-refractivity contribution in [3.05, 3.63) is 85.1 Å². The molecule has 0 aliphatic carbocycles. The lowest BCUT2D eigenvalue weighted by Gasteiger charge is -2.18. The minimum absolute atomic E-state index is 0.0923. The van der Waals surface area contributed by atoms with Gasteiger partial charge in [0.2, 0.25) is 0 Å². The van der Waals surface area contributed by atoms with E-state index in [-0.39, 0.29) is 31.1 Å². The van der Waals surface area contributed by atoms with E-state index in [2.05, 4.69) is 106 Å². The van der Waals surface area contributed by atoms with Crippen molar-refractivity contribution in [2.24, 2.45) is 0 Å². The number of hydrogen-bond donors (Lipinski definition) is 0. The molecule has 1 unspecified atom stereocenters. The first-order chi connectivity index (χ1) is 34.5. The van der Waals surface area contributed by atoms with Crippen molar-refractivity contribution in [3.63, 3.8) is 0 Å². The molecular formula is C64H110O6. The number of unbranched alkanes of at least 4 members (excludes halogenated alkanes) is 28. The molecule has 0 amide bonds. The minimum Gasteiger partial charge on any atom is -0.462 e. The van der Waals surface area contributed by atoms with E-state index in [0.29, 0.717) is 19.3 Å². The summed E-state index contributed by atoms with van der Waals surface area (Å²) >= 11 is 0. The van der Waals surface area contributed by atoms with Crippen LogP contribution < -0.4 is 0 Å². The average Bonchev–Trinajstić information content (AvgIpc) is 3.36. The van der Waals surface area contributed by atoms with Gasteiger partial charge in [0.15, 0.2) is 6.10 Å². The molecule has 0 aromatic carbocycles. The molecule has 0 radical (unpaired) electrons. The molecule has 1 atom stereocenters. The molecule has 402 valence electrons. The highest BCUT2D eigenvalue weighted by molar-refractivity contribution is 5.71. The third kappa shape index (κ3) is 55.5. The summed E-state index contributed by atoms with van der Waals surface area (Å²) in [6.07, 6.45) is 75.7. The quantitative estimate of drug-likeness (QED) is 0.0261. The van der Waals surface area contributed by atoms with Crippen molar-refractivity contribution in [3.8, 4) is 0 Å². The highest BCUT2D eigenvalue weighted by atomic mass is 16.6. The summed E-state index contributed by atoms with van der Waals surface area (Å²) in [4.78, 5) is 38.2. The summed E-state index contributed by atoms with van der Waals surface area (Å²) in [7, 11) is 0. The van der Waals surface area contributed by atoms with E-state index in [1.54, 1.807) is 0 Å². The number of ether oxygens (including phenoxy) is 3. The lowest BCUT2D eigenvalue weighted by Crippen LogP contribution is -2.30. The summed E-state index contributed by atoms with van der Waals surface area (Å²) < 4.78 is 16.9. The van der Waals surface area contributed by atoms with Gasteiger partial charge in [0.1, 0.15) is 13.2 Å². The third-order valence-electron chi connectivity index (χ3n) is 12.6. The van der Waals surface area contributed by atoms with Gasteiger partial charge in [-0.3, -0.25) is 14.4 Å². The van der Waals surface area contributed by atoms with E-state index in [1.807, 2.05) is 0 Å². The van der Waals surface area contributed by atoms with Gasteiger partial charge in [-0.05, 0) is 116 Å². The van der Waals surface area contributed by atoms with Crippen LogP contribution in [-0.2, 0) is 28.6 Å². The zero-order valence-electron chi connectivity index (χ0n) is 46.0. The first-order valence-corrected chi connectivity index (χ1v) is 29.6. The first kappa shape index (κ1) is 66.6. The fourth-order valence-electron chi connectivity index (χ4n) is 8.16.